The summed E-state index contributed by atoms with van der Waals surface area (Å²) in [5, 5.41) is 10.5. The molecule has 0 radical (unpaired) electrons. The lowest BCUT2D eigenvalue weighted by molar-refractivity contribution is 0.0395. The molecule has 6 heteroatoms. The van der Waals surface area contributed by atoms with Gasteiger partial charge in [-0.3, -0.25) is 0 Å². The number of nitrogens with one attached hydrogen (secondary N) is 1. The fraction of sp³-hybridized carbons (Fsp3) is 0.444. The second-order valence-corrected chi connectivity index (χ2v) is 8.23. The first-order valence-electron chi connectivity index (χ1n) is 7.82. The van der Waals surface area contributed by atoms with Crippen LogP contribution in [0.1, 0.15) is 40.5 Å². The molecule has 2 N–H and O–H groups in total. The van der Waals surface area contributed by atoms with Crippen molar-refractivity contribution in [2.45, 2.75) is 52.0 Å². The Bertz CT molecular complexity index is 821. The van der Waals surface area contributed by atoms with E-state index in [9.17, 15) is 13.5 Å². The second kappa shape index (κ2) is 6.35. The molecule has 1 unspecified atom stereocenters. The normalized spacial score (nSPS) is 14.6. The second-order valence-electron chi connectivity index (χ2n) is 6.53. The van der Waals surface area contributed by atoms with E-state index in [1.807, 2.05) is 34.6 Å². The number of hydrogen-bond donors (Lipinski definition) is 2. The summed E-state index contributed by atoms with van der Waals surface area (Å²) in [6.45, 7) is 10.8. The van der Waals surface area contributed by atoms with Gasteiger partial charge in [0.15, 0.2) is 0 Å². The molecular weight excluding hydrogens is 326 g/mol. The number of rotatable bonds is 5. The van der Waals surface area contributed by atoms with Crippen LogP contribution in [0, 0.1) is 34.6 Å². The van der Waals surface area contributed by atoms with Gasteiger partial charge in [0.05, 0.1) is 11.2 Å². The molecule has 132 valence electrons. The highest BCUT2D eigenvalue weighted by molar-refractivity contribution is 7.89. The van der Waals surface area contributed by atoms with E-state index in [0.717, 1.165) is 27.8 Å². The molecule has 1 aromatic carbocycles. The van der Waals surface area contributed by atoms with E-state index in [-0.39, 0.29) is 6.54 Å². The molecule has 0 amide bonds. The zero-order valence-electron chi connectivity index (χ0n) is 15.0. The number of sulfonamides is 1. The third kappa shape index (κ3) is 3.27. The molecule has 2 aromatic rings. The Kier molecular flexibility index (Phi) is 4.95. The van der Waals surface area contributed by atoms with Crippen LogP contribution < -0.4 is 4.72 Å². The Labute approximate surface area is 143 Å². The number of benzene rings is 1. The van der Waals surface area contributed by atoms with Gasteiger partial charge in [-0.15, -0.1) is 0 Å². The molecule has 0 aliphatic carbocycles. The molecule has 1 heterocycles. The maximum absolute atomic E-state index is 12.9. The molecule has 0 aliphatic rings. The predicted octanol–water partition coefficient (Wildman–Crippen LogP) is 3.01. The highest BCUT2D eigenvalue weighted by Crippen LogP contribution is 2.30. The summed E-state index contributed by atoms with van der Waals surface area (Å²) in [4.78, 5) is 0.290. The molecule has 5 nitrogen and oxygen atoms in total. The van der Waals surface area contributed by atoms with Crippen molar-refractivity contribution in [2.24, 2.45) is 0 Å². The summed E-state index contributed by atoms with van der Waals surface area (Å²) in [5.74, 6) is 0.315. The van der Waals surface area contributed by atoms with Crippen molar-refractivity contribution < 1.29 is 17.9 Å². The van der Waals surface area contributed by atoms with Crippen molar-refractivity contribution in [1.82, 2.24) is 4.72 Å². The Morgan fingerprint density at radius 2 is 1.54 bits per heavy atom. The van der Waals surface area contributed by atoms with E-state index >= 15 is 0 Å². The van der Waals surface area contributed by atoms with Gasteiger partial charge in [-0.1, -0.05) is 0 Å². The molecule has 0 aliphatic heterocycles. The minimum absolute atomic E-state index is 0.173. The molecule has 1 atom stereocenters. The van der Waals surface area contributed by atoms with Gasteiger partial charge in [0, 0.05) is 6.54 Å². The highest BCUT2D eigenvalue weighted by atomic mass is 32.2. The quantitative estimate of drug-likeness (QED) is 0.868. The van der Waals surface area contributed by atoms with Crippen molar-refractivity contribution in [2.75, 3.05) is 6.54 Å². The number of aliphatic hydroxyl groups is 1. The summed E-state index contributed by atoms with van der Waals surface area (Å²) >= 11 is 0. The first-order chi connectivity index (χ1) is 11.0. The SMILES string of the molecule is Cc1c(C)c(C)c(S(=O)(=O)NCC(C)(O)c2ccco2)c(C)c1C. The van der Waals surface area contributed by atoms with Crippen LogP contribution in [-0.2, 0) is 15.6 Å². The van der Waals surface area contributed by atoms with Gasteiger partial charge in [-0.2, -0.15) is 0 Å². The van der Waals surface area contributed by atoms with Crippen LogP contribution in [0.3, 0.4) is 0 Å². The van der Waals surface area contributed by atoms with Gasteiger partial charge in [0.1, 0.15) is 11.4 Å². The Morgan fingerprint density at radius 1 is 1.04 bits per heavy atom. The highest BCUT2D eigenvalue weighted by Gasteiger charge is 2.30. The standard InChI is InChI=1S/C18H25NO4S/c1-11-12(2)14(4)17(15(5)13(11)3)24(21,22)19-10-18(6,20)16-8-7-9-23-16/h7-9,19-20H,10H2,1-6H3. The molecule has 0 bridgehead atoms. The van der Waals surface area contributed by atoms with E-state index in [1.54, 1.807) is 12.1 Å². The zero-order valence-corrected chi connectivity index (χ0v) is 15.8. The first kappa shape index (κ1) is 18.7. The summed E-state index contributed by atoms with van der Waals surface area (Å²) in [6.07, 6.45) is 1.44. The lowest BCUT2D eigenvalue weighted by Crippen LogP contribution is -2.39. The van der Waals surface area contributed by atoms with Gasteiger partial charge >= 0.3 is 0 Å². The van der Waals surface area contributed by atoms with Crippen LogP contribution in [0.2, 0.25) is 0 Å². The predicted molar refractivity (Wildman–Crippen MR) is 93.6 cm³/mol. The van der Waals surface area contributed by atoms with E-state index < -0.39 is 15.6 Å². The van der Waals surface area contributed by atoms with Gasteiger partial charge in [-0.05, 0) is 81.5 Å². The molecule has 0 saturated heterocycles. The van der Waals surface area contributed by atoms with Crippen LogP contribution >= 0.6 is 0 Å². The summed E-state index contributed by atoms with van der Waals surface area (Å²) < 4.78 is 33.4. The topological polar surface area (TPSA) is 79.5 Å². The molecule has 0 fully saturated rings. The van der Waals surface area contributed by atoms with Crippen LogP contribution in [0.5, 0.6) is 0 Å². The van der Waals surface area contributed by atoms with Crippen molar-refractivity contribution in [3.8, 4) is 0 Å². The van der Waals surface area contributed by atoms with Crippen molar-refractivity contribution in [1.29, 1.82) is 0 Å². The molecule has 0 saturated carbocycles. The number of furan rings is 1. The maximum atomic E-state index is 12.9. The minimum Gasteiger partial charge on any atom is -0.466 e. The lowest BCUT2D eigenvalue weighted by Gasteiger charge is -2.23. The van der Waals surface area contributed by atoms with Crippen LogP contribution in [0.15, 0.2) is 27.7 Å². The summed E-state index contributed by atoms with van der Waals surface area (Å²) in [6, 6.07) is 3.27. The van der Waals surface area contributed by atoms with Gasteiger partial charge in [0.25, 0.3) is 0 Å². The van der Waals surface area contributed by atoms with Crippen LogP contribution in [0.4, 0.5) is 0 Å². The Balaban J connectivity index is 2.39. The fourth-order valence-electron chi connectivity index (χ4n) is 2.85. The smallest absolute Gasteiger partial charge is 0.241 e. The number of hydrogen-bond acceptors (Lipinski definition) is 4. The van der Waals surface area contributed by atoms with Crippen molar-refractivity contribution >= 4 is 10.0 Å². The monoisotopic (exact) mass is 351 g/mol. The third-order valence-corrected chi connectivity index (χ3v) is 6.53. The van der Waals surface area contributed by atoms with E-state index in [2.05, 4.69) is 4.72 Å². The molecule has 2 rings (SSSR count). The maximum Gasteiger partial charge on any atom is 0.241 e. The van der Waals surface area contributed by atoms with Crippen LogP contribution in [-0.4, -0.2) is 20.1 Å². The summed E-state index contributed by atoms with van der Waals surface area (Å²) in [5.41, 5.74) is 3.09. The van der Waals surface area contributed by atoms with Crippen molar-refractivity contribution in [3.63, 3.8) is 0 Å². The fourth-order valence-corrected chi connectivity index (χ4v) is 4.58. The lowest BCUT2D eigenvalue weighted by atomic mass is 9.95. The first-order valence-corrected chi connectivity index (χ1v) is 9.30. The van der Waals surface area contributed by atoms with Gasteiger partial charge in [0.2, 0.25) is 10.0 Å². The Hall–Kier alpha value is -1.63. The third-order valence-electron chi connectivity index (χ3n) is 4.86. The summed E-state index contributed by atoms with van der Waals surface area (Å²) in [7, 11) is -3.76. The molecule has 0 spiro atoms. The largest absolute Gasteiger partial charge is 0.466 e. The van der Waals surface area contributed by atoms with Crippen LogP contribution in [0.25, 0.3) is 0 Å². The zero-order chi connectivity index (χ0) is 18.3. The Morgan fingerprint density at radius 3 is 2.00 bits per heavy atom. The average molecular weight is 351 g/mol. The minimum atomic E-state index is -3.76. The molecular formula is C18H25NO4S. The van der Waals surface area contributed by atoms with E-state index in [0.29, 0.717) is 10.7 Å². The van der Waals surface area contributed by atoms with E-state index in [1.165, 1.54) is 13.2 Å². The average Bonchev–Trinajstić information content (AvgIpc) is 3.04. The molecule has 1 aromatic heterocycles. The van der Waals surface area contributed by atoms with E-state index in [4.69, 9.17) is 4.42 Å². The molecule has 24 heavy (non-hydrogen) atoms. The van der Waals surface area contributed by atoms with Crippen molar-refractivity contribution in [3.05, 3.63) is 52.0 Å². The van der Waals surface area contributed by atoms with Gasteiger partial charge < -0.3 is 9.52 Å². The van der Waals surface area contributed by atoms with Gasteiger partial charge in [-0.25, -0.2) is 13.1 Å².